The number of likely N-dealkylation sites (tertiary alicyclic amines) is 1. The van der Waals surface area contributed by atoms with Crippen molar-refractivity contribution in [1.82, 2.24) is 19.9 Å². The number of alkyl halides is 4. The molecular weight excluding hydrogens is 430 g/mol. The number of piperidine rings is 1. The van der Waals surface area contributed by atoms with Gasteiger partial charge >= 0.3 is 12.3 Å². The van der Waals surface area contributed by atoms with E-state index in [-0.39, 0.29) is 23.4 Å². The van der Waals surface area contributed by atoms with Gasteiger partial charge in [0.25, 0.3) is 5.91 Å². The van der Waals surface area contributed by atoms with Gasteiger partial charge in [0.05, 0.1) is 0 Å². The van der Waals surface area contributed by atoms with E-state index in [1.54, 1.807) is 4.90 Å². The number of hydrogen-bond donors (Lipinski definition) is 0. The summed E-state index contributed by atoms with van der Waals surface area (Å²) in [5.41, 5.74) is 1.69. The number of carbonyl (C=O) groups is 1. The van der Waals surface area contributed by atoms with Crippen molar-refractivity contribution in [1.29, 1.82) is 0 Å². The zero-order valence-corrected chi connectivity index (χ0v) is 17.6. The summed E-state index contributed by atoms with van der Waals surface area (Å²) >= 11 is 0. The van der Waals surface area contributed by atoms with E-state index < -0.39 is 24.9 Å². The van der Waals surface area contributed by atoms with Gasteiger partial charge in [-0.15, -0.1) is 0 Å². The first-order valence-corrected chi connectivity index (χ1v) is 10.3. The highest BCUT2D eigenvalue weighted by Crippen LogP contribution is 2.34. The number of nitrogens with zero attached hydrogens (tertiary/aromatic N) is 5. The number of aryl methyl sites for hydroxylation is 2. The molecule has 1 amide bonds. The van der Waals surface area contributed by atoms with Crippen molar-refractivity contribution in [3.8, 4) is 5.88 Å². The topological polar surface area (TPSA) is 71.5 Å². The first-order chi connectivity index (χ1) is 15.1. The predicted molar refractivity (Wildman–Crippen MR) is 107 cm³/mol. The fraction of sp³-hybridized carbons (Fsp3) is 0.524. The SMILES string of the molecule is Cc1cc(C)nc(N2CC3CC2CN(C(=O)c2cccnc2OCC(F)(F)C(F)F)C3)n1. The summed E-state index contributed by atoms with van der Waals surface area (Å²) < 4.78 is 56.3. The van der Waals surface area contributed by atoms with Gasteiger partial charge in [-0.2, -0.15) is 8.78 Å². The fourth-order valence-electron chi connectivity index (χ4n) is 4.27. The third-order valence-electron chi connectivity index (χ3n) is 5.65. The summed E-state index contributed by atoms with van der Waals surface area (Å²) in [6.07, 6.45) is -1.73. The molecule has 7 nitrogen and oxygen atoms in total. The number of hydrogen-bond acceptors (Lipinski definition) is 6. The Labute approximate surface area is 182 Å². The first-order valence-electron chi connectivity index (χ1n) is 10.3. The zero-order chi connectivity index (χ0) is 23.0. The van der Waals surface area contributed by atoms with Crippen molar-refractivity contribution < 1.29 is 27.1 Å². The monoisotopic (exact) mass is 453 g/mol. The van der Waals surface area contributed by atoms with E-state index in [2.05, 4.69) is 19.9 Å². The third kappa shape index (κ3) is 4.46. The van der Waals surface area contributed by atoms with Gasteiger partial charge in [-0.3, -0.25) is 4.79 Å². The van der Waals surface area contributed by atoms with Crippen molar-refractivity contribution in [2.24, 2.45) is 5.92 Å². The molecule has 2 fully saturated rings. The molecule has 32 heavy (non-hydrogen) atoms. The number of ether oxygens (including phenoxy) is 1. The van der Waals surface area contributed by atoms with Crippen LogP contribution in [0.5, 0.6) is 5.88 Å². The Morgan fingerprint density at radius 1 is 1.22 bits per heavy atom. The van der Waals surface area contributed by atoms with Crippen LogP contribution in [0.4, 0.5) is 23.5 Å². The number of aromatic nitrogens is 3. The van der Waals surface area contributed by atoms with E-state index >= 15 is 0 Å². The number of halogens is 4. The summed E-state index contributed by atoms with van der Waals surface area (Å²) in [5, 5.41) is 0. The molecule has 2 atom stereocenters. The summed E-state index contributed by atoms with van der Waals surface area (Å²) in [6.45, 7) is 3.81. The average molecular weight is 453 g/mol. The van der Waals surface area contributed by atoms with Crippen LogP contribution in [0, 0.1) is 19.8 Å². The smallest absolute Gasteiger partial charge is 0.340 e. The van der Waals surface area contributed by atoms with Crippen LogP contribution >= 0.6 is 0 Å². The molecule has 0 spiro atoms. The Hall–Kier alpha value is -2.98. The highest BCUT2D eigenvalue weighted by atomic mass is 19.3. The molecule has 0 radical (unpaired) electrons. The van der Waals surface area contributed by atoms with Crippen LogP contribution in [-0.4, -0.2) is 70.4 Å². The molecule has 172 valence electrons. The summed E-state index contributed by atoms with van der Waals surface area (Å²) in [5.74, 6) is -4.33. The van der Waals surface area contributed by atoms with E-state index in [4.69, 9.17) is 4.74 Å². The van der Waals surface area contributed by atoms with Gasteiger partial charge in [0.15, 0.2) is 6.61 Å². The lowest BCUT2D eigenvalue weighted by atomic mass is 9.99. The largest absolute Gasteiger partial charge is 0.470 e. The van der Waals surface area contributed by atoms with Crippen LogP contribution in [-0.2, 0) is 0 Å². The normalized spacial score (nSPS) is 20.7. The van der Waals surface area contributed by atoms with Gasteiger partial charge in [-0.05, 0) is 44.4 Å². The molecule has 0 saturated carbocycles. The summed E-state index contributed by atoms with van der Waals surface area (Å²) in [7, 11) is 0. The van der Waals surface area contributed by atoms with Crippen LogP contribution in [0.15, 0.2) is 24.4 Å². The van der Waals surface area contributed by atoms with Crippen LogP contribution in [0.3, 0.4) is 0 Å². The molecule has 2 aromatic rings. The highest BCUT2D eigenvalue weighted by molar-refractivity contribution is 5.96. The Kier molecular flexibility index (Phi) is 5.91. The standard InChI is InChI=1S/C21H23F4N5O2/c1-12-6-13(2)28-20(27-12)30-9-14-7-15(30)10-29(8-14)18(31)16-4-3-5-26-17(16)32-11-21(24,25)19(22)23/h3-6,14-15,19H,7-11H2,1-2H3. The molecule has 0 aliphatic carbocycles. The summed E-state index contributed by atoms with van der Waals surface area (Å²) in [4.78, 5) is 29.8. The molecule has 2 saturated heterocycles. The lowest BCUT2D eigenvalue weighted by Crippen LogP contribution is -2.45. The fourth-order valence-corrected chi connectivity index (χ4v) is 4.27. The minimum absolute atomic E-state index is 0.0168. The summed E-state index contributed by atoms with van der Waals surface area (Å²) in [6, 6.07) is 4.78. The maximum Gasteiger partial charge on any atom is 0.340 e. The lowest BCUT2D eigenvalue weighted by Gasteiger charge is -2.33. The number of pyridine rings is 1. The Morgan fingerprint density at radius 2 is 1.94 bits per heavy atom. The van der Waals surface area contributed by atoms with Crippen molar-refractivity contribution in [3.63, 3.8) is 0 Å². The average Bonchev–Trinajstić information content (AvgIpc) is 3.04. The van der Waals surface area contributed by atoms with Gasteiger partial charge in [-0.1, -0.05) is 0 Å². The van der Waals surface area contributed by atoms with E-state index in [0.717, 1.165) is 17.8 Å². The number of fused-ring (bicyclic) bond motifs is 2. The Balaban J connectivity index is 1.50. The van der Waals surface area contributed by atoms with Gasteiger partial charge in [0.1, 0.15) is 5.56 Å². The quantitative estimate of drug-likeness (QED) is 0.626. The van der Waals surface area contributed by atoms with Crippen molar-refractivity contribution in [2.75, 3.05) is 31.1 Å². The second-order valence-electron chi connectivity index (χ2n) is 8.28. The van der Waals surface area contributed by atoms with E-state index in [1.165, 1.54) is 18.3 Å². The molecule has 0 aromatic carbocycles. The molecular formula is C21H23F4N5O2. The lowest BCUT2D eigenvalue weighted by molar-refractivity contribution is -0.148. The van der Waals surface area contributed by atoms with Gasteiger partial charge < -0.3 is 14.5 Å². The van der Waals surface area contributed by atoms with Crippen molar-refractivity contribution in [3.05, 3.63) is 41.3 Å². The number of rotatable bonds is 6. The van der Waals surface area contributed by atoms with E-state index in [0.29, 0.717) is 25.6 Å². The minimum atomic E-state index is -4.34. The van der Waals surface area contributed by atoms with E-state index in [9.17, 15) is 22.4 Å². The van der Waals surface area contributed by atoms with Crippen LogP contribution in [0.25, 0.3) is 0 Å². The maximum atomic E-state index is 13.3. The van der Waals surface area contributed by atoms with E-state index in [1.807, 2.05) is 19.9 Å². The maximum absolute atomic E-state index is 13.3. The highest BCUT2D eigenvalue weighted by Gasteiger charge is 2.43. The molecule has 2 aliphatic rings. The second-order valence-corrected chi connectivity index (χ2v) is 8.28. The van der Waals surface area contributed by atoms with Crippen molar-refractivity contribution in [2.45, 2.75) is 38.7 Å². The molecule has 2 aliphatic heterocycles. The number of anilines is 1. The number of amides is 1. The molecule has 11 heteroatoms. The van der Waals surface area contributed by atoms with Gasteiger partial charge in [0, 0.05) is 43.3 Å². The molecule has 2 bridgehead atoms. The van der Waals surface area contributed by atoms with Gasteiger partial charge in [0.2, 0.25) is 11.8 Å². The first kappa shape index (κ1) is 22.2. The molecule has 0 N–H and O–H groups in total. The predicted octanol–water partition coefficient (Wildman–Crippen LogP) is 3.12. The van der Waals surface area contributed by atoms with Crippen LogP contribution in [0.2, 0.25) is 0 Å². The Morgan fingerprint density at radius 3 is 2.62 bits per heavy atom. The zero-order valence-electron chi connectivity index (χ0n) is 17.6. The third-order valence-corrected chi connectivity index (χ3v) is 5.65. The van der Waals surface area contributed by atoms with Crippen molar-refractivity contribution >= 4 is 11.9 Å². The molecule has 4 rings (SSSR count). The second kappa shape index (κ2) is 8.51. The molecule has 4 heterocycles. The van der Waals surface area contributed by atoms with Gasteiger partial charge in [-0.25, -0.2) is 23.7 Å². The van der Waals surface area contributed by atoms with Crippen LogP contribution in [0.1, 0.15) is 28.2 Å². The van der Waals surface area contributed by atoms with Crippen LogP contribution < -0.4 is 9.64 Å². The molecule has 2 aromatic heterocycles. The Bertz CT molecular complexity index is 986. The number of carbonyl (C=O) groups excluding carboxylic acids is 1. The minimum Gasteiger partial charge on any atom is -0.470 e. The molecule has 2 unspecified atom stereocenters.